The third-order valence-electron chi connectivity index (χ3n) is 4.37. The largest absolute Gasteiger partial charge is 0.497 e. The van der Waals surface area contributed by atoms with Gasteiger partial charge in [0.25, 0.3) is 5.56 Å². The second kappa shape index (κ2) is 8.79. The van der Waals surface area contributed by atoms with Crippen molar-refractivity contribution in [3.05, 3.63) is 45.1 Å². The Morgan fingerprint density at radius 2 is 2.18 bits per heavy atom. The summed E-state index contributed by atoms with van der Waals surface area (Å²) in [6, 6.07) is 7.40. The number of amides is 1. The summed E-state index contributed by atoms with van der Waals surface area (Å²) in [6.45, 7) is 6.07. The van der Waals surface area contributed by atoms with Crippen molar-refractivity contribution in [2.75, 3.05) is 19.4 Å². The highest BCUT2D eigenvalue weighted by Crippen LogP contribution is 2.30. The summed E-state index contributed by atoms with van der Waals surface area (Å²) < 4.78 is 6.97. The molecule has 0 aliphatic carbocycles. The van der Waals surface area contributed by atoms with E-state index >= 15 is 0 Å². The van der Waals surface area contributed by atoms with Gasteiger partial charge in [-0.05, 0) is 31.0 Å². The van der Waals surface area contributed by atoms with E-state index < -0.39 is 0 Å². The van der Waals surface area contributed by atoms with Gasteiger partial charge >= 0.3 is 0 Å². The highest BCUT2D eigenvalue weighted by molar-refractivity contribution is 7.99. The van der Waals surface area contributed by atoms with Gasteiger partial charge in [0.1, 0.15) is 10.6 Å². The lowest BCUT2D eigenvalue weighted by atomic mass is 10.2. The zero-order valence-electron chi connectivity index (χ0n) is 16.4. The number of rotatable bonds is 7. The number of benzene rings is 1. The van der Waals surface area contributed by atoms with E-state index in [0.29, 0.717) is 34.3 Å². The van der Waals surface area contributed by atoms with E-state index in [2.05, 4.69) is 12.2 Å². The SMILES string of the molecule is CCc1sc2nc(SCCNC(C)=O)n(-c3cccc(OC)c3)c(=O)c2c1C. The molecule has 6 nitrogen and oxygen atoms in total. The number of nitrogens with zero attached hydrogens (tertiary/aromatic N) is 2. The van der Waals surface area contributed by atoms with Crippen molar-refractivity contribution >= 4 is 39.2 Å². The molecule has 0 fully saturated rings. The van der Waals surface area contributed by atoms with Crippen LogP contribution in [0.5, 0.6) is 5.75 Å². The normalized spacial score (nSPS) is 11.0. The lowest BCUT2D eigenvalue weighted by Gasteiger charge is -2.13. The fourth-order valence-corrected chi connectivity index (χ4v) is 5.02. The van der Waals surface area contributed by atoms with E-state index in [1.807, 2.05) is 31.2 Å². The Hall–Kier alpha value is -2.32. The molecule has 28 heavy (non-hydrogen) atoms. The highest BCUT2D eigenvalue weighted by Gasteiger charge is 2.19. The van der Waals surface area contributed by atoms with Crippen molar-refractivity contribution in [1.82, 2.24) is 14.9 Å². The van der Waals surface area contributed by atoms with Gasteiger partial charge in [0.15, 0.2) is 5.16 Å². The number of hydrogen-bond donors (Lipinski definition) is 1. The number of aryl methyl sites for hydroxylation is 2. The topological polar surface area (TPSA) is 73.2 Å². The number of thiophene rings is 1. The molecule has 2 heterocycles. The van der Waals surface area contributed by atoms with Crippen LogP contribution in [-0.2, 0) is 11.2 Å². The van der Waals surface area contributed by atoms with Gasteiger partial charge in [-0.25, -0.2) is 4.98 Å². The molecule has 0 saturated heterocycles. The monoisotopic (exact) mass is 417 g/mol. The molecule has 0 saturated carbocycles. The van der Waals surface area contributed by atoms with Crippen LogP contribution in [0.3, 0.4) is 0 Å². The Morgan fingerprint density at radius 1 is 1.39 bits per heavy atom. The summed E-state index contributed by atoms with van der Waals surface area (Å²) in [5.41, 5.74) is 1.64. The first kappa shape index (κ1) is 20.4. The minimum atomic E-state index is -0.0752. The average molecular weight is 418 g/mol. The van der Waals surface area contributed by atoms with Crippen LogP contribution in [0.25, 0.3) is 15.9 Å². The van der Waals surface area contributed by atoms with E-state index in [-0.39, 0.29) is 11.5 Å². The number of carbonyl (C=O) groups excluding carboxylic acids is 1. The van der Waals surface area contributed by atoms with Crippen molar-refractivity contribution in [1.29, 1.82) is 0 Å². The number of aromatic nitrogens is 2. The number of carbonyl (C=O) groups is 1. The first-order valence-electron chi connectivity index (χ1n) is 9.03. The molecule has 0 aliphatic heterocycles. The van der Waals surface area contributed by atoms with Crippen LogP contribution >= 0.6 is 23.1 Å². The van der Waals surface area contributed by atoms with Gasteiger partial charge in [-0.1, -0.05) is 24.8 Å². The third-order valence-corrected chi connectivity index (χ3v) is 6.64. The molecule has 2 aromatic heterocycles. The second-order valence-electron chi connectivity index (χ2n) is 6.25. The zero-order chi connectivity index (χ0) is 20.3. The summed E-state index contributed by atoms with van der Waals surface area (Å²) >= 11 is 3.03. The number of nitrogens with one attached hydrogen (secondary N) is 1. The molecule has 0 spiro atoms. The van der Waals surface area contributed by atoms with Gasteiger partial charge in [0.05, 0.1) is 18.2 Å². The molecule has 0 atom stereocenters. The van der Waals surface area contributed by atoms with Gasteiger partial charge in [0, 0.05) is 30.2 Å². The maximum absolute atomic E-state index is 13.4. The van der Waals surface area contributed by atoms with E-state index in [9.17, 15) is 9.59 Å². The van der Waals surface area contributed by atoms with E-state index in [4.69, 9.17) is 9.72 Å². The van der Waals surface area contributed by atoms with Gasteiger partial charge < -0.3 is 10.1 Å². The molecule has 0 aliphatic rings. The predicted octanol–water partition coefficient (Wildman–Crippen LogP) is 3.55. The zero-order valence-corrected chi connectivity index (χ0v) is 18.0. The van der Waals surface area contributed by atoms with Crippen LogP contribution in [-0.4, -0.2) is 34.9 Å². The fourth-order valence-electron chi connectivity index (χ4n) is 2.99. The maximum Gasteiger partial charge on any atom is 0.267 e. The van der Waals surface area contributed by atoms with E-state index in [1.165, 1.54) is 23.6 Å². The average Bonchev–Trinajstić information content (AvgIpc) is 3.01. The van der Waals surface area contributed by atoms with E-state index in [1.54, 1.807) is 23.0 Å². The standard InChI is InChI=1S/C20H23N3O3S2/c1-5-16-12(2)17-18(28-16)22-20(27-10-9-21-13(3)24)23(19(17)25)14-7-6-8-15(11-14)26-4/h6-8,11H,5,9-10H2,1-4H3,(H,21,24). The Kier molecular flexibility index (Phi) is 6.41. The first-order chi connectivity index (χ1) is 13.5. The molecule has 0 unspecified atom stereocenters. The Bertz CT molecular complexity index is 1070. The molecule has 1 amide bonds. The van der Waals surface area contributed by atoms with Crippen LogP contribution in [0, 0.1) is 6.92 Å². The summed E-state index contributed by atoms with van der Waals surface area (Å²) in [7, 11) is 1.60. The summed E-state index contributed by atoms with van der Waals surface area (Å²) in [6.07, 6.45) is 0.871. The van der Waals surface area contributed by atoms with Crippen LogP contribution < -0.4 is 15.6 Å². The van der Waals surface area contributed by atoms with Crippen molar-refractivity contribution in [3.63, 3.8) is 0 Å². The lowest BCUT2D eigenvalue weighted by molar-refractivity contribution is -0.118. The molecule has 1 N–H and O–H groups in total. The highest BCUT2D eigenvalue weighted by atomic mass is 32.2. The van der Waals surface area contributed by atoms with Crippen LogP contribution in [0.2, 0.25) is 0 Å². The molecule has 1 aromatic carbocycles. The molecule has 8 heteroatoms. The van der Waals surface area contributed by atoms with Gasteiger partial charge in [-0.15, -0.1) is 11.3 Å². The lowest BCUT2D eigenvalue weighted by Crippen LogP contribution is -2.24. The maximum atomic E-state index is 13.4. The van der Waals surface area contributed by atoms with Crippen LogP contribution in [0.15, 0.2) is 34.2 Å². The molecule has 0 radical (unpaired) electrons. The van der Waals surface area contributed by atoms with Crippen molar-refractivity contribution < 1.29 is 9.53 Å². The minimum absolute atomic E-state index is 0.0735. The van der Waals surface area contributed by atoms with Crippen LogP contribution in [0.4, 0.5) is 0 Å². The molecule has 148 valence electrons. The Morgan fingerprint density at radius 3 is 2.86 bits per heavy atom. The van der Waals surface area contributed by atoms with Gasteiger partial charge in [-0.2, -0.15) is 0 Å². The first-order valence-corrected chi connectivity index (χ1v) is 10.8. The molecule has 3 rings (SSSR count). The van der Waals surface area contributed by atoms with Crippen molar-refractivity contribution in [2.24, 2.45) is 0 Å². The smallest absolute Gasteiger partial charge is 0.267 e. The number of thioether (sulfide) groups is 1. The molecule has 3 aromatic rings. The summed E-state index contributed by atoms with van der Waals surface area (Å²) in [4.78, 5) is 31.3. The fraction of sp³-hybridized carbons (Fsp3) is 0.350. The Labute approximate surface area is 171 Å². The van der Waals surface area contributed by atoms with Crippen LogP contribution in [0.1, 0.15) is 24.3 Å². The predicted molar refractivity (Wildman–Crippen MR) is 115 cm³/mol. The van der Waals surface area contributed by atoms with Gasteiger partial charge in [-0.3, -0.25) is 14.2 Å². The van der Waals surface area contributed by atoms with Gasteiger partial charge in [0.2, 0.25) is 5.91 Å². The van der Waals surface area contributed by atoms with Crippen molar-refractivity contribution in [3.8, 4) is 11.4 Å². The number of hydrogen-bond acceptors (Lipinski definition) is 6. The molecule has 0 bridgehead atoms. The molecular weight excluding hydrogens is 394 g/mol. The minimum Gasteiger partial charge on any atom is -0.497 e. The number of methoxy groups -OCH3 is 1. The molecular formula is C20H23N3O3S2. The second-order valence-corrected chi connectivity index (χ2v) is 8.40. The summed E-state index contributed by atoms with van der Waals surface area (Å²) in [5, 5.41) is 4.06. The van der Waals surface area contributed by atoms with E-state index in [0.717, 1.165) is 16.8 Å². The number of fused-ring (bicyclic) bond motifs is 1. The Balaban J connectivity index is 2.15. The quantitative estimate of drug-likeness (QED) is 0.362. The summed E-state index contributed by atoms with van der Waals surface area (Å²) in [5.74, 6) is 1.22. The number of ether oxygens (including phenoxy) is 1. The van der Waals surface area contributed by atoms with Crippen molar-refractivity contribution in [2.45, 2.75) is 32.3 Å². The third kappa shape index (κ3) is 4.07.